The summed E-state index contributed by atoms with van der Waals surface area (Å²) >= 11 is 0. The summed E-state index contributed by atoms with van der Waals surface area (Å²) in [5.41, 5.74) is 0.532. The molecule has 17 heavy (non-hydrogen) atoms. The van der Waals surface area contributed by atoms with Crippen LogP contribution >= 0.6 is 0 Å². The number of piperidine rings is 1. The van der Waals surface area contributed by atoms with Crippen molar-refractivity contribution in [2.75, 3.05) is 20.1 Å². The molecule has 3 atom stereocenters. The molecule has 2 nitrogen and oxygen atoms in total. The Morgan fingerprint density at radius 3 is 2.53 bits per heavy atom. The Hall–Kier alpha value is -0.0800. The van der Waals surface area contributed by atoms with Gasteiger partial charge in [-0.2, -0.15) is 0 Å². The number of nitrogens with one attached hydrogen (secondary N) is 1. The summed E-state index contributed by atoms with van der Waals surface area (Å²) in [5, 5.41) is 3.47. The van der Waals surface area contributed by atoms with Gasteiger partial charge in [0.25, 0.3) is 0 Å². The van der Waals surface area contributed by atoms with Gasteiger partial charge in [0, 0.05) is 18.6 Å². The molecule has 3 unspecified atom stereocenters. The smallest absolute Gasteiger partial charge is 0.0146 e. The van der Waals surface area contributed by atoms with Crippen molar-refractivity contribution in [3.05, 3.63) is 0 Å². The zero-order valence-corrected chi connectivity index (χ0v) is 12.1. The van der Waals surface area contributed by atoms with E-state index in [-0.39, 0.29) is 0 Å². The van der Waals surface area contributed by atoms with Crippen LogP contribution in [0.1, 0.15) is 52.9 Å². The normalized spacial score (nSPS) is 39.2. The van der Waals surface area contributed by atoms with Crippen LogP contribution in [-0.4, -0.2) is 37.1 Å². The summed E-state index contributed by atoms with van der Waals surface area (Å²) in [4.78, 5) is 2.79. The van der Waals surface area contributed by atoms with E-state index >= 15 is 0 Å². The average molecular weight is 238 g/mol. The highest BCUT2D eigenvalue weighted by molar-refractivity contribution is 4.93. The Bertz CT molecular complexity index is 249. The zero-order valence-electron chi connectivity index (χ0n) is 12.1. The van der Waals surface area contributed by atoms with Gasteiger partial charge in [-0.15, -0.1) is 0 Å². The molecule has 1 saturated heterocycles. The Morgan fingerprint density at radius 1 is 1.18 bits per heavy atom. The number of nitrogens with zero attached hydrogens (tertiary/aromatic N) is 1. The van der Waals surface area contributed by atoms with Crippen LogP contribution in [0.3, 0.4) is 0 Å². The molecule has 0 radical (unpaired) electrons. The van der Waals surface area contributed by atoms with E-state index in [0.29, 0.717) is 5.41 Å². The third-order valence-electron chi connectivity index (χ3n) is 5.20. The van der Waals surface area contributed by atoms with Gasteiger partial charge in [-0.1, -0.05) is 33.6 Å². The van der Waals surface area contributed by atoms with E-state index in [1.807, 2.05) is 0 Å². The van der Waals surface area contributed by atoms with Gasteiger partial charge in [-0.05, 0) is 44.2 Å². The van der Waals surface area contributed by atoms with Crippen molar-refractivity contribution < 1.29 is 0 Å². The van der Waals surface area contributed by atoms with Crippen LogP contribution in [0, 0.1) is 11.3 Å². The van der Waals surface area contributed by atoms with Crippen LogP contribution in [0.15, 0.2) is 0 Å². The predicted octanol–water partition coefficient (Wildman–Crippen LogP) is 2.89. The van der Waals surface area contributed by atoms with E-state index in [9.17, 15) is 0 Å². The minimum atomic E-state index is 0.532. The molecule has 2 heteroatoms. The molecule has 2 rings (SSSR count). The van der Waals surface area contributed by atoms with E-state index in [0.717, 1.165) is 18.0 Å². The largest absolute Gasteiger partial charge is 0.317 e. The molecular formula is C15H30N2. The number of hydrogen-bond acceptors (Lipinski definition) is 2. The van der Waals surface area contributed by atoms with Gasteiger partial charge in [0.05, 0.1) is 0 Å². The molecule has 0 aromatic heterocycles. The maximum absolute atomic E-state index is 3.47. The van der Waals surface area contributed by atoms with Crippen molar-refractivity contribution >= 4 is 0 Å². The molecule has 0 aromatic rings. The summed E-state index contributed by atoms with van der Waals surface area (Å²) in [7, 11) is 2.11. The van der Waals surface area contributed by atoms with Crippen molar-refractivity contribution in [2.45, 2.75) is 65.0 Å². The highest BCUT2D eigenvalue weighted by Gasteiger charge is 2.38. The molecule has 1 saturated carbocycles. The van der Waals surface area contributed by atoms with E-state index in [1.165, 1.54) is 45.2 Å². The summed E-state index contributed by atoms with van der Waals surface area (Å²) in [6, 6.07) is 1.56. The third-order valence-corrected chi connectivity index (χ3v) is 5.20. The van der Waals surface area contributed by atoms with Gasteiger partial charge < -0.3 is 5.32 Å². The molecular weight excluding hydrogens is 208 g/mol. The van der Waals surface area contributed by atoms with Gasteiger partial charge in [0.15, 0.2) is 0 Å². The van der Waals surface area contributed by atoms with Gasteiger partial charge in [0.2, 0.25) is 0 Å². The maximum Gasteiger partial charge on any atom is 0.0146 e. The minimum absolute atomic E-state index is 0.532. The van der Waals surface area contributed by atoms with Gasteiger partial charge in [-0.3, -0.25) is 4.90 Å². The summed E-state index contributed by atoms with van der Waals surface area (Å²) in [6.45, 7) is 9.95. The number of likely N-dealkylation sites (tertiary alicyclic amines) is 1. The fraction of sp³-hybridized carbons (Fsp3) is 1.00. The number of rotatable bonds is 2. The fourth-order valence-electron chi connectivity index (χ4n) is 4.04. The van der Waals surface area contributed by atoms with Crippen LogP contribution in [0.5, 0.6) is 0 Å². The van der Waals surface area contributed by atoms with Crippen LogP contribution < -0.4 is 5.32 Å². The first-order chi connectivity index (χ1) is 8.04. The summed E-state index contributed by atoms with van der Waals surface area (Å²) in [5.74, 6) is 0.798. The van der Waals surface area contributed by atoms with E-state index in [2.05, 4.69) is 38.0 Å². The number of hydrogen-bond donors (Lipinski definition) is 1. The predicted molar refractivity (Wildman–Crippen MR) is 74.2 cm³/mol. The molecule has 0 bridgehead atoms. The Balaban J connectivity index is 1.98. The Labute approximate surface area is 107 Å². The second kappa shape index (κ2) is 5.27. The minimum Gasteiger partial charge on any atom is -0.317 e. The molecule has 100 valence electrons. The first kappa shape index (κ1) is 13.4. The van der Waals surface area contributed by atoms with Crippen LogP contribution in [0.4, 0.5) is 0 Å². The molecule has 0 aromatic carbocycles. The highest BCUT2D eigenvalue weighted by atomic mass is 15.2. The summed E-state index contributed by atoms with van der Waals surface area (Å²) in [6.07, 6.45) is 7.03. The van der Waals surface area contributed by atoms with Crippen molar-refractivity contribution in [3.63, 3.8) is 0 Å². The quantitative estimate of drug-likeness (QED) is 0.796. The molecule has 1 N–H and O–H groups in total. The first-order valence-corrected chi connectivity index (χ1v) is 7.46. The van der Waals surface area contributed by atoms with Gasteiger partial charge >= 0.3 is 0 Å². The molecule has 0 spiro atoms. The average Bonchev–Trinajstić information content (AvgIpc) is 2.28. The highest BCUT2D eigenvalue weighted by Crippen LogP contribution is 2.39. The zero-order chi connectivity index (χ0) is 12.5. The lowest BCUT2D eigenvalue weighted by atomic mass is 9.71. The van der Waals surface area contributed by atoms with Crippen molar-refractivity contribution in [1.29, 1.82) is 0 Å². The summed E-state index contributed by atoms with van der Waals surface area (Å²) < 4.78 is 0. The molecule has 1 aliphatic carbocycles. The van der Waals surface area contributed by atoms with Gasteiger partial charge in [-0.25, -0.2) is 0 Å². The van der Waals surface area contributed by atoms with E-state index in [1.54, 1.807) is 0 Å². The second-order valence-electron chi connectivity index (χ2n) is 6.91. The fourth-order valence-corrected chi connectivity index (χ4v) is 4.04. The maximum atomic E-state index is 3.47. The van der Waals surface area contributed by atoms with Crippen LogP contribution in [-0.2, 0) is 0 Å². The first-order valence-electron chi connectivity index (χ1n) is 7.46. The lowest BCUT2D eigenvalue weighted by Crippen LogP contribution is -2.55. The molecule has 1 aliphatic heterocycles. The lowest BCUT2D eigenvalue weighted by Gasteiger charge is -2.49. The van der Waals surface area contributed by atoms with Crippen molar-refractivity contribution in [1.82, 2.24) is 10.2 Å². The van der Waals surface area contributed by atoms with Gasteiger partial charge in [0.1, 0.15) is 0 Å². The van der Waals surface area contributed by atoms with E-state index < -0.39 is 0 Å². The van der Waals surface area contributed by atoms with Crippen LogP contribution in [0.2, 0.25) is 0 Å². The van der Waals surface area contributed by atoms with Crippen molar-refractivity contribution in [2.24, 2.45) is 11.3 Å². The van der Waals surface area contributed by atoms with Crippen molar-refractivity contribution in [3.8, 4) is 0 Å². The lowest BCUT2D eigenvalue weighted by molar-refractivity contribution is 0.0141. The second-order valence-corrected chi connectivity index (χ2v) is 6.91. The Kier molecular flexibility index (Phi) is 4.14. The third kappa shape index (κ3) is 2.85. The molecule has 2 aliphatic rings. The SMILES string of the molecule is CNC1CCN(C2CCCCC2(C)C)CC1C. The Morgan fingerprint density at radius 2 is 1.94 bits per heavy atom. The van der Waals surface area contributed by atoms with E-state index in [4.69, 9.17) is 0 Å². The monoisotopic (exact) mass is 238 g/mol. The molecule has 1 heterocycles. The molecule has 2 fully saturated rings. The standard InChI is InChI=1S/C15H30N2/c1-12-11-17(10-8-13(12)16-4)14-7-5-6-9-15(14,2)3/h12-14,16H,5-11H2,1-4H3. The molecule has 0 amide bonds. The topological polar surface area (TPSA) is 15.3 Å². The van der Waals surface area contributed by atoms with Crippen LogP contribution in [0.25, 0.3) is 0 Å².